The summed E-state index contributed by atoms with van der Waals surface area (Å²) in [6, 6.07) is 12.8. The van der Waals surface area contributed by atoms with Gasteiger partial charge in [-0.15, -0.1) is 0 Å². The first-order valence-corrected chi connectivity index (χ1v) is 8.34. The Bertz CT molecular complexity index is 816. The lowest BCUT2D eigenvalue weighted by molar-refractivity contribution is -0.384. The Hall–Kier alpha value is -3.22. The van der Waals surface area contributed by atoms with E-state index in [0.29, 0.717) is 24.9 Å². The zero-order valence-electron chi connectivity index (χ0n) is 14.0. The molecule has 1 atom stereocenters. The number of hydrogen-bond acceptors (Lipinski definition) is 5. The molecular formula is C19H18N2O5. The maximum absolute atomic E-state index is 12.9. The smallest absolute Gasteiger partial charge is 0.270 e. The van der Waals surface area contributed by atoms with Crippen molar-refractivity contribution in [2.24, 2.45) is 0 Å². The molecule has 7 nitrogen and oxygen atoms in total. The van der Waals surface area contributed by atoms with Gasteiger partial charge in [0.15, 0.2) is 6.29 Å². The van der Waals surface area contributed by atoms with Crippen molar-refractivity contribution in [3.63, 3.8) is 0 Å². The lowest BCUT2D eigenvalue weighted by Gasteiger charge is -2.24. The van der Waals surface area contributed by atoms with Crippen molar-refractivity contribution in [1.82, 2.24) is 4.90 Å². The first-order chi connectivity index (χ1) is 12.6. The van der Waals surface area contributed by atoms with Gasteiger partial charge in [0.1, 0.15) is 5.75 Å². The van der Waals surface area contributed by atoms with Crippen molar-refractivity contribution < 1.29 is 19.2 Å². The molecule has 1 aliphatic rings. The van der Waals surface area contributed by atoms with Gasteiger partial charge in [-0.3, -0.25) is 19.7 Å². The Balaban J connectivity index is 1.94. The molecule has 1 saturated heterocycles. The number of ether oxygens (including phenoxy) is 1. The van der Waals surface area contributed by atoms with Crippen molar-refractivity contribution in [2.75, 3.05) is 13.1 Å². The first-order valence-electron chi connectivity index (χ1n) is 8.34. The monoisotopic (exact) mass is 354 g/mol. The van der Waals surface area contributed by atoms with Crippen molar-refractivity contribution in [3.05, 3.63) is 69.8 Å². The fourth-order valence-corrected chi connectivity index (χ4v) is 2.97. The van der Waals surface area contributed by atoms with Gasteiger partial charge in [0, 0.05) is 30.8 Å². The maximum atomic E-state index is 12.9. The lowest BCUT2D eigenvalue weighted by Crippen LogP contribution is -2.35. The van der Waals surface area contributed by atoms with Gasteiger partial charge in [-0.25, -0.2) is 0 Å². The highest BCUT2D eigenvalue weighted by molar-refractivity contribution is 5.84. The molecule has 134 valence electrons. The third-order valence-electron chi connectivity index (χ3n) is 4.32. The van der Waals surface area contributed by atoms with Crippen molar-refractivity contribution in [3.8, 4) is 5.75 Å². The summed E-state index contributed by atoms with van der Waals surface area (Å²) in [7, 11) is 0. The van der Waals surface area contributed by atoms with Crippen LogP contribution in [0.1, 0.15) is 34.9 Å². The number of nitrogens with zero attached hydrogens (tertiary/aromatic N) is 2. The molecule has 0 spiro atoms. The van der Waals surface area contributed by atoms with E-state index in [2.05, 4.69) is 0 Å². The van der Waals surface area contributed by atoms with Crippen LogP contribution in [-0.2, 0) is 4.79 Å². The number of non-ortho nitro benzene ring substituents is 1. The second kappa shape index (κ2) is 7.77. The van der Waals surface area contributed by atoms with Crippen LogP contribution < -0.4 is 4.74 Å². The SMILES string of the molecule is O=Cc1cc([N+](=O)[O-])ccc1O[C@@H](C(=O)N1CCCC1)c1ccccc1. The van der Waals surface area contributed by atoms with Gasteiger partial charge < -0.3 is 9.64 Å². The number of carbonyl (C=O) groups is 2. The highest BCUT2D eigenvalue weighted by Gasteiger charge is 2.30. The Labute approximate surface area is 150 Å². The van der Waals surface area contributed by atoms with E-state index in [-0.39, 0.29) is 22.9 Å². The molecule has 1 fully saturated rings. The number of hydrogen-bond donors (Lipinski definition) is 0. The molecule has 0 aromatic heterocycles. The van der Waals surface area contributed by atoms with Crippen LogP contribution in [0.4, 0.5) is 5.69 Å². The average Bonchev–Trinajstić information content (AvgIpc) is 3.21. The average molecular weight is 354 g/mol. The van der Waals surface area contributed by atoms with Gasteiger partial charge in [0.05, 0.1) is 10.5 Å². The molecular weight excluding hydrogens is 336 g/mol. The fraction of sp³-hybridized carbons (Fsp3) is 0.263. The molecule has 1 heterocycles. The summed E-state index contributed by atoms with van der Waals surface area (Å²) >= 11 is 0. The lowest BCUT2D eigenvalue weighted by atomic mass is 10.1. The Morgan fingerprint density at radius 2 is 1.85 bits per heavy atom. The molecule has 0 N–H and O–H groups in total. The normalized spacial score (nSPS) is 14.7. The summed E-state index contributed by atoms with van der Waals surface area (Å²) in [5.74, 6) is -0.0316. The minimum absolute atomic E-state index is 0.0364. The van der Waals surface area contributed by atoms with Crippen molar-refractivity contribution in [2.45, 2.75) is 18.9 Å². The summed E-state index contributed by atoms with van der Waals surface area (Å²) in [5, 5.41) is 10.9. The van der Waals surface area contributed by atoms with Crippen molar-refractivity contribution >= 4 is 17.9 Å². The molecule has 3 rings (SSSR count). The van der Waals surface area contributed by atoms with Crippen LogP contribution >= 0.6 is 0 Å². The number of rotatable bonds is 6. The number of benzene rings is 2. The van der Waals surface area contributed by atoms with E-state index in [1.165, 1.54) is 12.1 Å². The van der Waals surface area contributed by atoms with Crippen LogP contribution in [0.15, 0.2) is 48.5 Å². The van der Waals surface area contributed by atoms with Crippen LogP contribution in [0.2, 0.25) is 0 Å². The minimum atomic E-state index is -0.908. The fourth-order valence-electron chi connectivity index (χ4n) is 2.97. The zero-order valence-corrected chi connectivity index (χ0v) is 14.0. The number of amides is 1. The highest BCUT2D eigenvalue weighted by Crippen LogP contribution is 2.29. The molecule has 0 unspecified atom stereocenters. The largest absolute Gasteiger partial charge is 0.475 e. The van der Waals surface area contributed by atoms with Crippen LogP contribution in [0.3, 0.4) is 0 Å². The van der Waals surface area contributed by atoms with Crippen molar-refractivity contribution in [1.29, 1.82) is 0 Å². The van der Waals surface area contributed by atoms with Gasteiger partial charge in [-0.2, -0.15) is 0 Å². The minimum Gasteiger partial charge on any atom is -0.475 e. The van der Waals surface area contributed by atoms with Gasteiger partial charge in [-0.05, 0) is 18.9 Å². The first kappa shape index (κ1) is 17.6. The standard InChI is InChI=1S/C19H18N2O5/c22-13-15-12-16(21(24)25)8-9-17(15)26-18(14-6-2-1-3-7-14)19(23)20-10-4-5-11-20/h1-3,6-9,12-13,18H,4-5,10-11H2/t18-/m1/s1. The van der Waals surface area contributed by atoms with E-state index < -0.39 is 11.0 Å². The number of nitro benzene ring substituents is 1. The van der Waals surface area contributed by atoms with Gasteiger partial charge in [0.2, 0.25) is 6.10 Å². The molecule has 1 aliphatic heterocycles. The quantitative estimate of drug-likeness (QED) is 0.451. The van der Waals surface area contributed by atoms with Crippen LogP contribution in [0, 0.1) is 10.1 Å². The molecule has 1 amide bonds. The molecule has 0 saturated carbocycles. The molecule has 26 heavy (non-hydrogen) atoms. The number of carbonyl (C=O) groups excluding carboxylic acids is 2. The number of nitro groups is 1. The Morgan fingerprint density at radius 1 is 1.15 bits per heavy atom. The molecule has 2 aromatic carbocycles. The topological polar surface area (TPSA) is 89.7 Å². The predicted octanol–water partition coefficient (Wildman–Crippen LogP) is 3.15. The predicted molar refractivity (Wildman–Crippen MR) is 94.1 cm³/mol. The van der Waals surface area contributed by atoms with Gasteiger partial charge in [0.25, 0.3) is 11.6 Å². The van der Waals surface area contributed by atoms with E-state index in [1.54, 1.807) is 29.2 Å². The van der Waals surface area contributed by atoms with Gasteiger partial charge in [-0.1, -0.05) is 30.3 Å². The third-order valence-corrected chi connectivity index (χ3v) is 4.32. The summed E-state index contributed by atoms with van der Waals surface area (Å²) in [6.45, 7) is 1.35. The summed E-state index contributed by atoms with van der Waals surface area (Å²) in [4.78, 5) is 36.3. The molecule has 7 heteroatoms. The van der Waals surface area contributed by atoms with E-state index >= 15 is 0 Å². The zero-order chi connectivity index (χ0) is 18.5. The van der Waals surface area contributed by atoms with E-state index in [9.17, 15) is 19.7 Å². The Morgan fingerprint density at radius 3 is 2.46 bits per heavy atom. The summed E-state index contributed by atoms with van der Waals surface area (Å²) in [6.07, 6.45) is 1.48. The van der Waals surface area contributed by atoms with E-state index in [1.807, 2.05) is 6.07 Å². The summed E-state index contributed by atoms with van der Waals surface area (Å²) in [5.41, 5.74) is 0.496. The second-order valence-electron chi connectivity index (χ2n) is 6.04. The maximum Gasteiger partial charge on any atom is 0.270 e. The summed E-state index contributed by atoms with van der Waals surface area (Å²) < 4.78 is 5.89. The van der Waals surface area contributed by atoms with E-state index in [0.717, 1.165) is 18.9 Å². The van der Waals surface area contributed by atoms with Gasteiger partial charge >= 0.3 is 0 Å². The van der Waals surface area contributed by atoms with Crippen LogP contribution in [0.5, 0.6) is 5.75 Å². The molecule has 2 aromatic rings. The number of likely N-dealkylation sites (tertiary alicyclic amines) is 1. The molecule has 0 aliphatic carbocycles. The number of aldehydes is 1. The van der Waals surface area contributed by atoms with Crippen LogP contribution in [-0.4, -0.2) is 35.1 Å². The second-order valence-corrected chi connectivity index (χ2v) is 6.04. The Kier molecular flexibility index (Phi) is 5.26. The highest BCUT2D eigenvalue weighted by atomic mass is 16.6. The third kappa shape index (κ3) is 3.72. The molecule has 0 bridgehead atoms. The molecule has 0 radical (unpaired) electrons. The van der Waals surface area contributed by atoms with E-state index in [4.69, 9.17) is 4.74 Å². The van der Waals surface area contributed by atoms with Crippen LogP contribution in [0.25, 0.3) is 0 Å².